The molecule has 1 saturated heterocycles. The average Bonchev–Trinajstić information content (AvgIpc) is 2.84. The Kier molecular flexibility index (Phi) is 2.99. The van der Waals surface area contributed by atoms with E-state index in [-0.39, 0.29) is 5.60 Å². The zero-order chi connectivity index (χ0) is 13.6. The predicted octanol–water partition coefficient (Wildman–Crippen LogP) is 2.67. The van der Waals surface area contributed by atoms with E-state index in [1.54, 1.807) is 17.4 Å². The van der Waals surface area contributed by atoms with Gasteiger partial charge in [0.2, 0.25) is 0 Å². The minimum Gasteiger partial charge on any atom is -0.477 e. The van der Waals surface area contributed by atoms with Crippen LogP contribution in [0.25, 0.3) is 9.53 Å². The number of hydrogen-bond acceptors (Lipinski definition) is 6. The molecule has 5 nitrogen and oxygen atoms in total. The molecule has 0 radical (unpaired) electrons. The molecule has 0 atom stereocenters. The number of carboxylic acids is 1. The van der Waals surface area contributed by atoms with Crippen LogP contribution >= 0.6 is 22.7 Å². The van der Waals surface area contributed by atoms with Crippen molar-refractivity contribution >= 4 is 43.3 Å². The summed E-state index contributed by atoms with van der Waals surface area (Å²) < 4.78 is 6.63. The van der Waals surface area contributed by atoms with Crippen LogP contribution in [-0.4, -0.2) is 41.4 Å². The van der Waals surface area contributed by atoms with Gasteiger partial charge in [-0.05, 0) is 19.9 Å². The van der Waals surface area contributed by atoms with Gasteiger partial charge >= 0.3 is 5.97 Å². The van der Waals surface area contributed by atoms with Gasteiger partial charge in [0.1, 0.15) is 9.71 Å². The minimum atomic E-state index is -0.885. The molecule has 7 heteroatoms. The Morgan fingerprint density at radius 3 is 2.95 bits per heavy atom. The first-order valence-electron chi connectivity index (χ1n) is 5.97. The van der Waals surface area contributed by atoms with Gasteiger partial charge in [-0.2, -0.15) is 0 Å². The maximum absolute atomic E-state index is 10.9. The summed E-state index contributed by atoms with van der Waals surface area (Å²) in [6.45, 7) is 6.46. The van der Waals surface area contributed by atoms with Crippen LogP contribution in [0, 0.1) is 0 Å². The number of fused-ring (bicyclic) bond motifs is 1. The number of rotatable bonds is 2. The molecular weight excluding hydrogens is 284 g/mol. The van der Waals surface area contributed by atoms with Gasteiger partial charge in [0, 0.05) is 13.1 Å². The molecule has 19 heavy (non-hydrogen) atoms. The molecule has 0 amide bonds. The SMILES string of the molecule is CC1(C)CN(c2nc3sc(C(=O)O)cc3s2)CCO1. The molecule has 2 aromatic heterocycles. The third kappa shape index (κ3) is 2.45. The Morgan fingerprint density at radius 1 is 1.53 bits per heavy atom. The Balaban J connectivity index is 1.89. The maximum atomic E-state index is 10.9. The van der Waals surface area contributed by atoms with Gasteiger partial charge in [-0.25, -0.2) is 9.78 Å². The van der Waals surface area contributed by atoms with Crippen molar-refractivity contribution in [1.82, 2.24) is 4.98 Å². The van der Waals surface area contributed by atoms with Crippen molar-refractivity contribution in [1.29, 1.82) is 0 Å². The van der Waals surface area contributed by atoms with E-state index < -0.39 is 5.97 Å². The van der Waals surface area contributed by atoms with Gasteiger partial charge in [-0.1, -0.05) is 11.3 Å². The predicted molar refractivity (Wildman–Crippen MR) is 76.7 cm³/mol. The van der Waals surface area contributed by atoms with Crippen LogP contribution in [0.1, 0.15) is 23.5 Å². The Labute approximate surface area is 118 Å². The van der Waals surface area contributed by atoms with Crippen molar-refractivity contribution in [2.24, 2.45) is 0 Å². The summed E-state index contributed by atoms with van der Waals surface area (Å²) in [6.07, 6.45) is 0. The smallest absolute Gasteiger partial charge is 0.345 e. The highest BCUT2D eigenvalue weighted by atomic mass is 32.1. The molecule has 0 unspecified atom stereocenters. The summed E-state index contributed by atoms with van der Waals surface area (Å²) in [6, 6.07) is 1.70. The second-order valence-corrected chi connectivity index (χ2v) is 7.15. The highest BCUT2D eigenvalue weighted by Crippen LogP contribution is 2.35. The Hall–Kier alpha value is -1.18. The number of anilines is 1. The molecule has 0 saturated carbocycles. The summed E-state index contributed by atoms with van der Waals surface area (Å²) in [5.74, 6) is -0.885. The zero-order valence-corrected chi connectivity index (χ0v) is 12.3. The van der Waals surface area contributed by atoms with E-state index in [0.717, 1.165) is 27.8 Å². The largest absolute Gasteiger partial charge is 0.477 e. The summed E-state index contributed by atoms with van der Waals surface area (Å²) in [5.41, 5.74) is -0.163. The number of aromatic nitrogens is 1. The van der Waals surface area contributed by atoms with Gasteiger partial charge < -0.3 is 14.7 Å². The van der Waals surface area contributed by atoms with E-state index in [0.29, 0.717) is 11.5 Å². The number of ether oxygens (including phenoxy) is 1. The summed E-state index contributed by atoms with van der Waals surface area (Å²) >= 11 is 2.78. The molecule has 3 heterocycles. The van der Waals surface area contributed by atoms with Crippen LogP contribution in [0.2, 0.25) is 0 Å². The van der Waals surface area contributed by atoms with Crippen molar-refractivity contribution in [2.45, 2.75) is 19.4 Å². The average molecular weight is 298 g/mol. The molecule has 1 aliphatic rings. The lowest BCUT2D eigenvalue weighted by atomic mass is 10.1. The monoisotopic (exact) mass is 298 g/mol. The van der Waals surface area contributed by atoms with Gasteiger partial charge in [0.25, 0.3) is 0 Å². The number of morpholine rings is 1. The molecule has 1 N–H and O–H groups in total. The van der Waals surface area contributed by atoms with E-state index >= 15 is 0 Å². The topological polar surface area (TPSA) is 62.7 Å². The fraction of sp³-hybridized carbons (Fsp3) is 0.500. The molecule has 0 bridgehead atoms. The van der Waals surface area contributed by atoms with Gasteiger partial charge in [-0.15, -0.1) is 11.3 Å². The summed E-state index contributed by atoms with van der Waals surface area (Å²) in [4.78, 5) is 18.8. The molecule has 0 aromatic carbocycles. The normalized spacial score (nSPS) is 18.9. The first-order chi connectivity index (χ1) is 8.94. The lowest BCUT2D eigenvalue weighted by molar-refractivity contribution is -0.0276. The quantitative estimate of drug-likeness (QED) is 0.923. The second-order valence-electron chi connectivity index (χ2n) is 5.11. The number of thiophene rings is 1. The fourth-order valence-electron chi connectivity index (χ4n) is 2.14. The van der Waals surface area contributed by atoms with Crippen molar-refractivity contribution in [2.75, 3.05) is 24.6 Å². The van der Waals surface area contributed by atoms with E-state index in [9.17, 15) is 4.79 Å². The van der Waals surface area contributed by atoms with Gasteiger partial charge in [0.15, 0.2) is 5.13 Å². The highest BCUT2D eigenvalue weighted by molar-refractivity contribution is 7.29. The Morgan fingerprint density at radius 2 is 2.32 bits per heavy atom. The van der Waals surface area contributed by atoms with Crippen LogP contribution in [0.15, 0.2) is 6.07 Å². The second kappa shape index (κ2) is 4.43. The fourth-order valence-corrected chi connectivity index (χ4v) is 4.22. The molecular formula is C12H14N2O3S2. The number of carboxylic acid groups (broad SMARTS) is 1. The standard InChI is InChI=1S/C12H14N2O3S2/c1-12(2)6-14(3-4-17-12)11-13-9-7(19-11)5-8(18-9)10(15)16/h5H,3-4,6H2,1-2H3,(H,15,16). The van der Waals surface area contributed by atoms with Gasteiger partial charge in [0.05, 0.1) is 16.9 Å². The van der Waals surface area contributed by atoms with Crippen LogP contribution in [-0.2, 0) is 4.74 Å². The lowest BCUT2D eigenvalue weighted by Crippen LogP contribution is -2.48. The molecule has 1 aliphatic heterocycles. The van der Waals surface area contributed by atoms with Crippen LogP contribution < -0.4 is 4.90 Å². The number of thiazole rings is 1. The van der Waals surface area contributed by atoms with Gasteiger partial charge in [-0.3, -0.25) is 0 Å². The van der Waals surface area contributed by atoms with Crippen LogP contribution in [0.3, 0.4) is 0 Å². The zero-order valence-electron chi connectivity index (χ0n) is 10.7. The number of aromatic carboxylic acids is 1. The number of carbonyl (C=O) groups is 1. The van der Waals surface area contributed by atoms with E-state index in [4.69, 9.17) is 9.84 Å². The number of nitrogens with zero attached hydrogens (tertiary/aromatic N) is 2. The molecule has 102 valence electrons. The maximum Gasteiger partial charge on any atom is 0.345 e. The molecule has 0 spiro atoms. The van der Waals surface area contributed by atoms with E-state index in [1.165, 1.54) is 11.3 Å². The molecule has 2 aromatic rings. The third-order valence-electron chi connectivity index (χ3n) is 2.98. The highest BCUT2D eigenvalue weighted by Gasteiger charge is 2.29. The summed E-state index contributed by atoms with van der Waals surface area (Å²) in [7, 11) is 0. The third-order valence-corrected chi connectivity index (χ3v) is 5.19. The van der Waals surface area contributed by atoms with Crippen molar-refractivity contribution in [3.05, 3.63) is 10.9 Å². The van der Waals surface area contributed by atoms with Crippen LogP contribution in [0.4, 0.5) is 5.13 Å². The minimum absolute atomic E-state index is 0.163. The lowest BCUT2D eigenvalue weighted by Gasteiger charge is -2.37. The molecule has 3 rings (SSSR count). The molecule has 1 fully saturated rings. The van der Waals surface area contributed by atoms with Crippen molar-refractivity contribution < 1.29 is 14.6 Å². The van der Waals surface area contributed by atoms with Crippen molar-refractivity contribution in [3.8, 4) is 0 Å². The Bertz CT molecular complexity index is 600. The van der Waals surface area contributed by atoms with Crippen molar-refractivity contribution in [3.63, 3.8) is 0 Å². The van der Waals surface area contributed by atoms with E-state index in [2.05, 4.69) is 23.7 Å². The first-order valence-corrected chi connectivity index (χ1v) is 7.60. The summed E-state index contributed by atoms with van der Waals surface area (Å²) in [5, 5.41) is 9.90. The van der Waals surface area contributed by atoms with Crippen LogP contribution in [0.5, 0.6) is 0 Å². The van der Waals surface area contributed by atoms with E-state index in [1.807, 2.05) is 0 Å². The first kappa shape index (κ1) is 12.8. The number of hydrogen-bond donors (Lipinski definition) is 1. The molecule has 0 aliphatic carbocycles.